The first-order valence-corrected chi connectivity index (χ1v) is 7.09. The number of aromatic nitrogens is 1. The van der Waals surface area contributed by atoms with Crippen LogP contribution in [0.4, 0.5) is 5.69 Å². The second-order valence-electron chi connectivity index (χ2n) is 4.07. The molecule has 0 aromatic carbocycles. The third kappa shape index (κ3) is 3.75. The summed E-state index contributed by atoms with van der Waals surface area (Å²) in [6.07, 6.45) is 0.116. The van der Waals surface area contributed by atoms with E-state index in [2.05, 4.69) is 10.3 Å². The maximum atomic E-state index is 11.9. The number of aliphatic hydroxyl groups is 1. The molecule has 0 fully saturated rings. The molecule has 21 heavy (non-hydrogen) atoms. The Balaban J connectivity index is 2.06. The Morgan fingerprint density at radius 1 is 1.62 bits per heavy atom. The number of amides is 1. The average molecular weight is 328 g/mol. The molecule has 2 rings (SSSR count). The number of rotatable bonds is 5. The van der Waals surface area contributed by atoms with Crippen LogP contribution in [0.3, 0.4) is 0 Å². The Kier molecular flexibility index (Phi) is 4.84. The zero-order valence-corrected chi connectivity index (χ0v) is 12.1. The SMILES string of the molecule is O=C(NCC(O)c1ccsc1)c1cc([N+](=O)[O-])cnc1Cl. The van der Waals surface area contributed by atoms with Gasteiger partial charge in [0.1, 0.15) is 11.3 Å². The van der Waals surface area contributed by atoms with Gasteiger partial charge in [-0.15, -0.1) is 0 Å². The van der Waals surface area contributed by atoms with E-state index in [1.165, 1.54) is 11.3 Å². The molecule has 0 saturated carbocycles. The molecule has 0 aliphatic rings. The van der Waals surface area contributed by atoms with E-state index in [-0.39, 0.29) is 22.9 Å². The first kappa shape index (κ1) is 15.4. The van der Waals surface area contributed by atoms with E-state index < -0.39 is 16.9 Å². The van der Waals surface area contributed by atoms with Crippen molar-refractivity contribution in [2.24, 2.45) is 0 Å². The summed E-state index contributed by atoms with van der Waals surface area (Å²) in [6, 6.07) is 2.78. The number of nitrogens with one attached hydrogen (secondary N) is 1. The van der Waals surface area contributed by atoms with Gasteiger partial charge in [-0.1, -0.05) is 11.6 Å². The molecule has 0 bridgehead atoms. The van der Waals surface area contributed by atoms with Crippen LogP contribution in [0.15, 0.2) is 29.1 Å². The van der Waals surface area contributed by atoms with Crippen molar-refractivity contribution in [3.05, 3.63) is 55.5 Å². The van der Waals surface area contributed by atoms with Gasteiger partial charge in [-0.05, 0) is 22.4 Å². The van der Waals surface area contributed by atoms with Crippen LogP contribution in [0.5, 0.6) is 0 Å². The Bertz CT molecular complexity index is 663. The number of hydrogen-bond acceptors (Lipinski definition) is 6. The lowest BCUT2D eigenvalue weighted by molar-refractivity contribution is -0.385. The van der Waals surface area contributed by atoms with E-state index in [0.29, 0.717) is 5.56 Å². The van der Waals surface area contributed by atoms with E-state index in [4.69, 9.17) is 11.6 Å². The summed E-state index contributed by atoms with van der Waals surface area (Å²) in [5.41, 5.74) is 0.245. The summed E-state index contributed by atoms with van der Waals surface area (Å²) in [6.45, 7) is -0.0331. The highest BCUT2D eigenvalue weighted by atomic mass is 35.5. The fourth-order valence-corrected chi connectivity index (χ4v) is 2.46. The van der Waals surface area contributed by atoms with Gasteiger partial charge < -0.3 is 10.4 Å². The molecular weight excluding hydrogens is 318 g/mol. The molecule has 1 unspecified atom stereocenters. The van der Waals surface area contributed by atoms with E-state index in [9.17, 15) is 20.0 Å². The molecule has 1 amide bonds. The largest absolute Gasteiger partial charge is 0.387 e. The summed E-state index contributed by atoms with van der Waals surface area (Å²) in [5.74, 6) is -0.634. The summed E-state index contributed by atoms with van der Waals surface area (Å²) >= 11 is 7.18. The summed E-state index contributed by atoms with van der Waals surface area (Å²) < 4.78 is 0. The van der Waals surface area contributed by atoms with Crippen LogP contribution in [0, 0.1) is 10.1 Å². The Labute approximate surface area is 128 Å². The first-order chi connectivity index (χ1) is 9.99. The molecule has 1 atom stereocenters. The highest BCUT2D eigenvalue weighted by Crippen LogP contribution is 2.19. The molecule has 9 heteroatoms. The van der Waals surface area contributed by atoms with Crippen LogP contribution < -0.4 is 5.32 Å². The van der Waals surface area contributed by atoms with Crippen LogP contribution >= 0.6 is 22.9 Å². The first-order valence-electron chi connectivity index (χ1n) is 5.77. The van der Waals surface area contributed by atoms with Crippen LogP contribution in [-0.2, 0) is 0 Å². The standard InChI is InChI=1S/C12H10ClN3O4S/c13-11-9(3-8(4-14-11)16(19)20)12(18)15-5-10(17)7-1-2-21-6-7/h1-4,6,10,17H,5H2,(H,15,18). The number of aliphatic hydroxyl groups excluding tert-OH is 1. The van der Waals surface area contributed by atoms with Crippen molar-refractivity contribution in [1.82, 2.24) is 10.3 Å². The van der Waals surface area contributed by atoms with Gasteiger partial charge in [-0.3, -0.25) is 14.9 Å². The van der Waals surface area contributed by atoms with E-state index in [1.807, 2.05) is 5.38 Å². The highest BCUT2D eigenvalue weighted by molar-refractivity contribution is 7.07. The summed E-state index contributed by atoms with van der Waals surface area (Å²) in [4.78, 5) is 25.5. The van der Waals surface area contributed by atoms with Gasteiger partial charge in [-0.25, -0.2) is 4.98 Å². The quantitative estimate of drug-likeness (QED) is 0.497. The van der Waals surface area contributed by atoms with Gasteiger partial charge in [0, 0.05) is 12.6 Å². The molecule has 7 nitrogen and oxygen atoms in total. The number of thiophene rings is 1. The van der Waals surface area contributed by atoms with Crippen LogP contribution in [-0.4, -0.2) is 27.5 Å². The minimum atomic E-state index is -0.856. The fourth-order valence-electron chi connectivity index (χ4n) is 1.56. The third-order valence-corrected chi connectivity index (χ3v) is 3.67. The molecule has 0 saturated heterocycles. The van der Waals surface area contributed by atoms with E-state index in [0.717, 1.165) is 12.3 Å². The molecule has 0 radical (unpaired) electrons. The van der Waals surface area contributed by atoms with Crippen molar-refractivity contribution in [1.29, 1.82) is 0 Å². The molecule has 2 aromatic heterocycles. The topological polar surface area (TPSA) is 105 Å². The van der Waals surface area contributed by atoms with Gasteiger partial charge in [0.25, 0.3) is 11.6 Å². The molecular formula is C12H10ClN3O4S. The Morgan fingerprint density at radius 3 is 3.00 bits per heavy atom. The van der Waals surface area contributed by atoms with Crippen LogP contribution in [0.1, 0.15) is 22.0 Å². The van der Waals surface area contributed by atoms with E-state index >= 15 is 0 Å². The maximum Gasteiger partial charge on any atom is 0.288 e. The number of carbonyl (C=O) groups excluding carboxylic acids is 1. The molecule has 2 aromatic rings. The zero-order chi connectivity index (χ0) is 15.4. The third-order valence-electron chi connectivity index (χ3n) is 2.66. The lowest BCUT2D eigenvalue weighted by Crippen LogP contribution is -2.28. The lowest BCUT2D eigenvalue weighted by Gasteiger charge is -2.11. The van der Waals surface area contributed by atoms with Crippen molar-refractivity contribution in [3.8, 4) is 0 Å². The second kappa shape index (κ2) is 6.61. The van der Waals surface area contributed by atoms with Crippen molar-refractivity contribution in [3.63, 3.8) is 0 Å². The number of nitro groups is 1. The van der Waals surface area contributed by atoms with Crippen molar-refractivity contribution in [2.75, 3.05) is 6.54 Å². The maximum absolute atomic E-state index is 11.9. The van der Waals surface area contributed by atoms with E-state index in [1.54, 1.807) is 11.4 Å². The number of carbonyl (C=O) groups is 1. The second-order valence-corrected chi connectivity index (χ2v) is 5.21. The van der Waals surface area contributed by atoms with Gasteiger partial charge >= 0.3 is 0 Å². The summed E-state index contributed by atoms with van der Waals surface area (Å²) in [7, 11) is 0. The van der Waals surface area contributed by atoms with Gasteiger partial charge in [0.2, 0.25) is 0 Å². The molecule has 0 aliphatic heterocycles. The predicted molar refractivity (Wildman–Crippen MR) is 77.5 cm³/mol. The lowest BCUT2D eigenvalue weighted by atomic mass is 10.2. The van der Waals surface area contributed by atoms with Crippen molar-refractivity contribution >= 4 is 34.5 Å². The number of halogens is 1. The molecule has 2 heterocycles. The Morgan fingerprint density at radius 2 is 2.38 bits per heavy atom. The smallest absolute Gasteiger partial charge is 0.288 e. The highest BCUT2D eigenvalue weighted by Gasteiger charge is 2.18. The molecule has 2 N–H and O–H groups in total. The normalized spacial score (nSPS) is 11.9. The monoisotopic (exact) mass is 327 g/mol. The number of hydrogen-bond donors (Lipinski definition) is 2. The van der Waals surface area contributed by atoms with Crippen molar-refractivity contribution in [2.45, 2.75) is 6.10 Å². The Hall–Kier alpha value is -2.03. The number of pyridine rings is 1. The molecule has 0 aliphatic carbocycles. The zero-order valence-electron chi connectivity index (χ0n) is 10.5. The van der Waals surface area contributed by atoms with Gasteiger partial charge in [0.15, 0.2) is 0 Å². The summed E-state index contributed by atoms with van der Waals surface area (Å²) in [5, 5.41) is 26.4. The van der Waals surface area contributed by atoms with Crippen LogP contribution in [0.25, 0.3) is 0 Å². The van der Waals surface area contributed by atoms with Crippen LogP contribution in [0.2, 0.25) is 5.15 Å². The minimum Gasteiger partial charge on any atom is -0.387 e. The van der Waals surface area contributed by atoms with Crippen molar-refractivity contribution < 1.29 is 14.8 Å². The van der Waals surface area contributed by atoms with Gasteiger partial charge in [0.05, 0.1) is 16.6 Å². The van der Waals surface area contributed by atoms with Gasteiger partial charge in [-0.2, -0.15) is 11.3 Å². The fraction of sp³-hybridized carbons (Fsp3) is 0.167. The molecule has 0 spiro atoms. The number of nitrogens with zero attached hydrogens (tertiary/aromatic N) is 2. The predicted octanol–water partition coefficient (Wildman–Crippen LogP) is 2.17. The average Bonchev–Trinajstić information content (AvgIpc) is 2.98. The minimum absolute atomic E-state index is 0.0331. The molecule has 110 valence electrons.